The molecule has 3 aromatic rings. The lowest BCUT2D eigenvalue weighted by atomic mass is 10.1. The number of nitrogens with one attached hydrogen (secondary N) is 4. The van der Waals surface area contributed by atoms with Crippen LogP contribution in [0.4, 0.5) is 10.5 Å². The molecule has 2 amide bonds. The Kier molecular flexibility index (Phi) is 10.4. The highest BCUT2D eigenvalue weighted by molar-refractivity contribution is 7.89. The molecule has 0 radical (unpaired) electrons. The summed E-state index contributed by atoms with van der Waals surface area (Å²) in [5.74, 6) is 0.0988. The summed E-state index contributed by atoms with van der Waals surface area (Å²) in [6.45, 7) is 4.47. The van der Waals surface area contributed by atoms with Gasteiger partial charge in [0, 0.05) is 62.1 Å². The molecule has 14 nitrogen and oxygen atoms in total. The first kappa shape index (κ1) is 33.2. The molecule has 0 bridgehead atoms. The van der Waals surface area contributed by atoms with Gasteiger partial charge in [-0.3, -0.25) is 9.89 Å². The maximum Gasteiger partial charge on any atom is 0.327 e. The van der Waals surface area contributed by atoms with E-state index < -0.39 is 16.2 Å². The van der Waals surface area contributed by atoms with Crippen molar-refractivity contribution >= 4 is 33.4 Å². The minimum absolute atomic E-state index is 0.0891. The molecule has 0 saturated carbocycles. The van der Waals surface area contributed by atoms with Gasteiger partial charge in [0.25, 0.3) is 0 Å². The number of nitrogens with zero attached hydrogens (tertiary/aromatic N) is 5. The molecule has 8 N–H and O–H groups in total. The Morgan fingerprint density at radius 1 is 1.10 bits per heavy atom. The van der Waals surface area contributed by atoms with E-state index in [0.29, 0.717) is 26.2 Å². The van der Waals surface area contributed by atoms with Crippen molar-refractivity contribution in [2.45, 2.75) is 49.5 Å². The third-order valence-electron chi connectivity index (χ3n) is 8.66. The minimum Gasteiger partial charge on any atom is -0.370 e. The standard InChI is InChI=1S/C33H43N11O3S/c34-32(35)39-12-2-11-37-21-24-5-7-27(8-6-24)43-22-26-20-30(40-31(26)41-33(43)45)25-3-1-4-29(19-25)48(46,47)44(28-9-13-36-14-10-28)18-17-42-16-15-38-23-42/h1,3-8,15-16,19-20,22-23,28,31,36-37,40H,2,9-14,17-18,21H2,(H,41,45)(H4,34,35,39). The minimum atomic E-state index is -3.80. The average molecular weight is 674 g/mol. The van der Waals surface area contributed by atoms with Gasteiger partial charge >= 0.3 is 6.03 Å². The van der Waals surface area contributed by atoms with Crippen molar-refractivity contribution < 1.29 is 13.2 Å². The van der Waals surface area contributed by atoms with Gasteiger partial charge in [-0.25, -0.2) is 18.2 Å². The van der Waals surface area contributed by atoms with Gasteiger partial charge in [0.15, 0.2) is 5.96 Å². The maximum absolute atomic E-state index is 14.1. The molecule has 1 unspecified atom stereocenters. The molecule has 3 aliphatic rings. The summed E-state index contributed by atoms with van der Waals surface area (Å²) in [4.78, 5) is 23.0. The molecular formula is C33H43N11O3S. The number of piperidine rings is 1. The van der Waals surface area contributed by atoms with Crippen LogP contribution in [-0.4, -0.2) is 79.2 Å². The molecule has 1 atom stereocenters. The van der Waals surface area contributed by atoms with Crippen molar-refractivity contribution in [1.82, 2.24) is 35.1 Å². The molecule has 15 heteroatoms. The van der Waals surface area contributed by atoms with Gasteiger partial charge in [-0.2, -0.15) is 4.31 Å². The summed E-state index contributed by atoms with van der Waals surface area (Å²) in [6, 6.07) is 14.5. The monoisotopic (exact) mass is 673 g/mol. The molecule has 48 heavy (non-hydrogen) atoms. The summed E-state index contributed by atoms with van der Waals surface area (Å²) in [5, 5.41) is 13.1. The molecule has 3 aliphatic heterocycles. The highest BCUT2D eigenvalue weighted by Gasteiger charge is 2.34. The lowest BCUT2D eigenvalue weighted by Gasteiger charge is -2.34. The number of nitrogens with two attached hydrogens (primary N) is 2. The van der Waals surface area contributed by atoms with Crippen LogP contribution in [0.1, 0.15) is 30.4 Å². The van der Waals surface area contributed by atoms with Gasteiger partial charge in [0.2, 0.25) is 10.0 Å². The van der Waals surface area contributed by atoms with E-state index in [9.17, 15) is 13.2 Å². The number of guanidine groups is 1. The fourth-order valence-electron chi connectivity index (χ4n) is 6.13. The quantitative estimate of drug-likeness (QED) is 0.0837. The lowest BCUT2D eigenvalue weighted by molar-refractivity contribution is 0.244. The number of benzene rings is 2. The van der Waals surface area contributed by atoms with Gasteiger partial charge in [-0.15, -0.1) is 0 Å². The normalized spacial score (nSPS) is 18.1. The predicted molar refractivity (Wildman–Crippen MR) is 186 cm³/mol. The SMILES string of the molecule is NC(N)=NCCCNCc1ccc(N2C=C3C=C(c4cccc(S(=O)(=O)N(CCn5ccnc5)C5CCNCC5)c4)NC3NC2=O)cc1. The Labute approximate surface area is 281 Å². The number of hydrogen-bond donors (Lipinski definition) is 6. The second-order valence-corrected chi connectivity index (χ2v) is 13.9. The maximum atomic E-state index is 14.1. The summed E-state index contributed by atoms with van der Waals surface area (Å²) < 4.78 is 31.8. The van der Waals surface area contributed by atoms with Crippen LogP contribution in [0.25, 0.3) is 5.70 Å². The molecule has 1 fully saturated rings. The molecule has 2 aromatic carbocycles. The van der Waals surface area contributed by atoms with Crippen LogP contribution in [0, 0.1) is 0 Å². The molecule has 1 aromatic heterocycles. The Morgan fingerprint density at radius 3 is 2.67 bits per heavy atom. The average Bonchev–Trinajstić information content (AvgIpc) is 3.77. The number of rotatable bonds is 14. The number of aliphatic imine (C=N–C) groups is 1. The van der Waals surface area contributed by atoms with Crippen molar-refractivity contribution in [3.63, 3.8) is 0 Å². The summed E-state index contributed by atoms with van der Waals surface area (Å²) >= 11 is 0. The summed E-state index contributed by atoms with van der Waals surface area (Å²) in [5.41, 5.74) is 14.9. The topological polar surface area (TPSA) is 188 Å². The van der Waals surface area contributed by atoms with Gasteiger partial charge < -0.3 is 37.3 Å². The molecule has 254 valence electrons. The fourth-order valence-corrected chi connectivity index (χ4v) is 7.85. The van der Waals surface area contributed by atoms with Crippen LogP contribution in [0.2, 0.25) is 0 Å². The molecular weight excluding hydrogens is 631 g/mol. The van der Waals surface area contributed by atoms with Crippen LogP contribution in [-0.2, 0) is 23.1 Å². The highest BCUT2D eigenvalue weighted by atomic mass is 32.2. The zero-order valence-corrected chi connectivity index (χ0v) is 27.6. The van der Waals surface area contributed by atoms with Gasteiger partial charge in [-0.05, 0) is 80.4 Å². The third-order valence-corrected chi connectivity index (χ3v) is 10.6. The van der Waals surface area contributed by atoms with Gasteiger partial charge in [0.1, 0.15) is 6.17 Å². The number of hydrogen-bond acceptors (Lipinski definition) is 8. The first-order chi connectivity index (χ1) is 23.3. The molecule has 4 heterocycles. The van der Waals surface area contributed by atoms with Gasteiger partial charge in [0.05, 0.1) is 16.9 Å². The number of amides is 2. The van der Waals surface area contributed by atoms with Crippen molar-refractivity contribution in [2.24, 2.45) is 16.5 Å². The Hall–Kier alpha value is -4.70. The van der Waals surface area contributed by atoms with Crippen LogP contribution >= 0.6 is 0 Å². The fraction of sp³-hybridized carbons (Fsp3) is 0.364. The van der Waals surface area contributed by atoms with E-state index in [1.807, 2.05) is 53.4 Å². The van der Waals surface area contributed by atoms with Crippen molar-refractivity contribution in [3.8, 4) is 0 Å². The molecule has 0 aliphatic carbocycles. The summed E-state index contributed by atoms with van der Waals surface area (Å²) in [7, 11) is -3.80. The largest absolute Gasteiger partial charge is 0.370 e. The number of fused-ring (bicyclic) bond motifs is 1. The number of aromatic nitrogens is 2. The molecule has 1 saturated heterocycles. The molecule has 0 spiro atoms. The number of urea groups is 1. The van der Waals surface area contributed by atoms with E-state index in [2.05, 4.69) is 31.2 Å². The van der Waals surface area contributed by atoms with Crippen LogP contribution in [0.3, 0.4) is 0 Å². The zero-order valence-electron chi connectivity index (χ0n) is 26.8. The Morgan fingerprint density at radius 2 is 1.92 bits per heavy atom. The number of sulfonamides is 1. The number of anilines is 1. The second kappa shape index (κ2) is 15.0. The predicted octanol–water partition coefficient (Wildman–Crippen LogP) is 1.46. The molecule has 6 rings (SSSR count). The van der Waals surface area contributed by atoms with Crippen LogP contribution in [0.15, 0.2) is 95.0 Å². The van der Waals surface area contributed by atoms with Crippen molar-refractivity contribution in [1.29, 1.82) is 0 Å². The second-order valence-electron chi connectivity index (χ2n) is 12.0. The van der Waals surface area contributed by atoms with E-state index in [4.69, 9.17) is 11.5 Å². The van der Waals surface area contributed by atoms with E-state index in [1.54, 1.807) is 39.9 Å². The van der Waals surface area contributed by atoms with E-state index >= 15 is 0 Å². The van der Waals surface area contributed by atoms with Crippen LogP contribution < -0.4 is 37.6 Å². The Balaban J connectivity index is 1.15. The number of imidazole rings is 1. The van der Waals surface area contributed by atoms with Crippen LogP contribution in [0.5, 0.6) is 0 Å². The third kappa shape index (κ3) is 7.87. The van der Waals surface area contributed by atoms with Gasteiger partial charge in [-0.1, -0.05) is 24.3 Å². The number of carbonyl (C=O) groups is 1. The lowest BCUT2D eigenvalue weighted by Crippen LogP contribution is -2.51. The smallest absolute Gasteiger partial charge is 0.327 e. The van der Waals surface area contributed by atoms with E-state index in [1.165, 1.54) is 0 Å². The first-order valence-electron chi connectivity index (χ1n) is 16.2. The van der Waals surface area contributed by atoms with E-state index in [0.717, 1.165) is 67.0 Å². The first-order valence-corrected chi connectivity index (χ1v) is 17.7. The van der Waals surface area contributed by atoms with E-state index in [-0.39, 0.29) is 22.9 Å². The van der Waals surface area contributed by atoms with Crippen molar-refractivity contribution in [2.75, 3.05) is 37.6 Å². The van der Waals surface area contributed by atoms with Crippen molar-refractivity contribution in [3.05, 3.63) is 96.2 Å². The zero-order chi connectivity index (χ0) is 33.5. The summed E-state index contributed by atoms with van der Waals surface area (Å²) in [6.07, 6.45) is 10.9. The number of carbonyl (C=O) groups excluding carboxylic acids is 1. The Bertz CT molecular complexity index is 1760. The highest BCUT2D eigenvalue weighted by Crippen LogP contribution is 2.30.